The predicted molar refractivity (Wildman–Crippen MR) is 89.0 cm³/mol. The molecule has 2 N–H and O–H groups in total. The van der Waals surface area contributed by atoms with E-state index in [0.717, 1.165) is 25.7 Å². The average Bonchev–Trinajstić information content (AvgIpc) is 2.39. The Balaban J connectivity index is -0.000000317. The van der Waals surface area contributed by atoms with Gasteiger partial charge in [0.15, 0.2) is 0 Å². The molecule has 0 aliphatic heterocycles. The molecule has 0 saturated heterocycles. The van der Waals surface area contributed by atoms with Crippen LogP contribution in [-0.4, -0.2) is 15.4 Å². The molecule has 0 rings (SSSR count). The van der Waals surface area contributed by atoms with E-state index in [4.69, 9.17) is 9.79 Å². The number of unbranched alkanes of at least 4 members (excludes halogenated alkanes) is 8. The number of rotatable bonds is 11. The van der Waals surface area contributed by atoms with Crippen molar-refractivity contribution in [3.8, 4) is 0 Å². The van der Waals surface area contributed by atoms with E-state index in [2.05, 4.69) is 27.2 Å². The molecule has 0 bridgehead atoms. The fourth-order valence-electron chi connectivity index (χ4n) is 1.81. The molecule has 0 saturated carbocycles. The van der Waals surface area contributed by atoms with Gasteiger partial charge >= 0.3 is 7.60 Å². The first-order valence-corrected chi connectivity index (χ1v) is 9.91. The van der Waals surface area contributed by atoms with Crippen LogP contribution in [-0.2, 0) is 4.57 Å². The van der Waals surface area contributed by atoms with Crippen LogP contribution in [0.5, 0.6) is 0 Å². The molecule has 128 valence electrons. The van der Waals surface area contributed by atoms with Gasteiger partial charge in [-0.15, -0.1) is 0 Å². The molecular formula is C16H36NdO3P-. The van der Waals surface area contributed by atoms with Crippen molar-refractivity contribution in [1.82, 2.24) is 0 Å². The van der Waals surface area contributed by atoms with Crippen LogP contribution in [0.4, 0.5) is 0 Å². The molecule has 0 fully saturated rings. The Morgan fingerprint density at radius 3 is 1.81 bits per heavy atom. The molecular weight excluding hydrogens is 415 g/mol. The molecule has 0 aromatic rings. The smallest absolute Gasteiger partial charge is 0.328 e. The van der Waals surface area contributed by atoms with Gasteiger partial charge in [0, 0.05) is 40.8 Å². The van der Waals surface area contributed by atoms with Crippen LogP contribution in [0.2, 0.25) is 0 Å². The minimum atomic E-state index is -3.81. The minimum absolute atomic E-state index is 0. The van der Waals surface area contributed by atoms with Gasteiger partial charge in [0.2, 0.25) is 0 Å². The zero-order chi connectivity index (χ0) is 15.9. The maximum Gasteiger partial charge on any atom is 0.328 e. The first-order valence-electron chi connectivity index (χ1n) is 8.23. The van der Waals surface area contributed by atoms with Crippen LogP contribution in [0.3, 0.4) is 0 Å². The zero-order valence-electron chi connectivity index (χ0n) is 14.5. The summed E-state index contributed by atoms with van der Waals surface area (Å²) < 4.78 is 10.7. The molecule has 21 heavy (non-hydrogen) atoms. The standard InChI is InChI=1S/C8H19O3P.C8H17.Nd/c1-3-4-5-6-7-8(2)12(9,10)11;1-3-5-7-8-6-4-2;/h8H,3-7H2,1-2H3,(H2,9,10,11);3H,4-8H2,1-2H3;/q;-1;. The predicted octanol–water partition coefficient (Wildman–Crippen LogP) is 5.70. The Morgan fingerprint density at radius 2 is 1.43 bits per heavy atom. The first kappa shape index (κ1) is 27.4. The molecule has 0 heterocycles. The summed E-state index contributed by atoms with van der Waals surface area (Å²) in [5.41, 5.74) is -0.464. The van der Waals surface area contributed by atoms with Gasteiger partial charge in [0.05, 0.1) is 5.66 Å². The van der Waals surface area contributed by atoms with E-state index in [9.17, 15) is 4.57 Å². The maximum atomic E-state index is 10.7. The second-order valence-electron chi connectivity index (χ2n) is 5.55. The normalized spacial score (nSPS) is 12.1. The van der Waals surface area contributed by atoms with E-state index in [1.54, 1.807) is 6.92 Å². The molecule has 0 spiro atoms. The third-order valence-corrected chi connectivity index (χ3v) is 4.80. The molecule has 1 unspecified atom stereocenters. The summed E-state index contributed by atoms with van der Waals surface area (Å²) in [6.07, 6.45) is 14.1. The van der Waals surface area contributed by atoms with Gasteiger partial charge in [-0.3, -0.25) is 4.57 Å². The molecule has 3 nitrogen and oxygen atoms in total. The molecule has 0 aliphatic rings. The van der Waals surface area contributed by atoms with Crippen LogP contribution in [0.25, 0.3) is 0 Å². The van der Waals surface area contributed by atoms with Crippen molar-refractivity contribution in [3.05, 3.63) is 6.42 Å². The van der Waals surface area contributed by atoms with E-state index < -0.39 is 13.3 Å². The Labute approximate surface area is 165 Å². The molecule has 0 radical (unpaired) electrons. The molecule has 0 aliphatic carbocycles. The molecule has 0 aromatic heterocycles. The zero-order valence-corrected chi connectivity index (χ0v) is 18.6. The van der Waals surface area contributed by atoms with E-state index in [1.165, 1.54) is 32.1 Å². The molecule has 1 atom stereocenters. The summed E-state index contributed by atoms with van der Waals surface area (Å²) in [6.45, 7) is 8.11. The average molecular weight is 452 g/mol. The maximum absolute atomic E-state index is 10.7. The number of hydrogen-bond donors (Lipinski definition) is 2. The summed E-state index contributed by atoms with van der Waals surface area (Å²) in [4.78, 5) is 17.5. The van der Waals surface area contributed by atoms with Crippen molar-refractivity contribution < 1.29 is 55.2 Å². The van der Waals surface area contributed by atoms with E-state index in [0.29, 0.717) is 6.42 Å². The summed E-state index contributed by atoms with van der Waals surface area (Å²) in [5, 5.41) is 0. The van der Waals surface area contributed by atoms with E-state index in [-0.39, 0.29) is 40.8 Å². The van der Waals surface area contributed by atoms with Crippen LogP contribution < -0.4 is 0 Å². The van der Waals surface area contributed by atoms with Crippen molar-refractivity contribution in [2.75, 3.05) is 0 Å². The third kappa shape index (κ3) is 23.9. The molecule has 0 amide bonds. The second-order valence-corrected chi connectivity index (χ2v) is 7.60. The van der Waals surface area contributed by atoms with Gasteiger partial charge in [0.1, 0.15) is 0 Å². The Hall–Kier alpha value is 1.50. The van der Waals surface area contributed by atoms with Crippen LogP contribution >= 0.6 is 7.60 Å². The fourth-order valence-corrected chi connectivity index (χ4v) is 2.33. The van der Waals surface area contributed by atoms with Crippen LogP contribution in [0.1, 0.15) is 91.9 Å². The van der Waals surface area contributed by atoms with Crippen molar-refractivity contribution in [2.24, 2.45) is 0 Å². The van der Waals surface area contributed by atoms with Crippen molar-refractivity contribution in [1.29, 1.82) is 0 Å². The van der Waals surface area contributed by atoms with E-state index >= 15 is 0 Å². The topological polar surface area (TPSA) is 57.5 Å². The fraction of sp³-hybridized carbons (Fsp3) is 0.938. The van der Waals surface area contributed by atoms with Gasteiger partial charge < -0.3 is 16.2 Å². The third-order valence-electron chi connectivity index (χ3n) is 3.40. The quantitative estimate of drug-likeness (QED) is 0.240. The molecule has 0 aromatic carbocycles. The largest absolute Gasteiger partial charge is 0.332 e. The van der Waals surface area contributed by atoms with Gasteiger partial charge in [0.25, 0.3) is 0 Å². The Bertz CT molecular complexity index is 226. The summed E-state index contributed by atoms with van der Waals surface area (Å²) in [7, 11) is -3.81. The summed E-state index contributed by atoms with van der Waals surface area (Å²) >= 11 is 0. The summed E-state index contributed by atoms with van der Waals surface area (Å²) in [5.74, 6) is 0. The SMILES string of the molecule is CCCCCCC(C)P(=O)(O)O.C[CH-]CCCCCC.[Nd]. The van der Waals surface area contributed by atoms with Gasteiger partial charge in [-0.25, -0.2) is 0 Å². The van der Waals surface area contributed by atoms with Crippen molar-refractivity contribution in [3.63, 3.8) is 0 Å². The molecule has 5 heteroatoms. The summed E-state index contributed by atoms with van der Waals surface area (Å²) in [6, 6.07) is 0. The van der Waals surface area contributed by atoms with Gasteiger partial charge in [-0.2, -0.15) is 13.3 Å². The minimum Gasteiger partial charge on any atom is -0.332 e. The van der Waals surface area contributed by atoms with Gasteiger partial charge in [-0.1, -0.05) is 72.1 Å². The van der Waals surface area contributed by atoms with Crippen LogP contribution in [0.15, 0.2) is 0 Å². The second kappa shape index (κ2) is 19.5. The first-order chi connectivity index (χ1) is 9.40. The van der Waals surface area contributed by atoms with Crippen molar-refractivity contribution >= 4 is 7.60 Å². The number of hydrogen-bond acceptors (Lipinski definition) is 1. The van der Waals surface area contributed by atoms with Gasteiger partial charge in [-0.05, 0) is 6.42 Å². The Kier molecular flexibility index (Phi) is 25.5. The Morgan fingerprint density at radius 1 is 0.952 bits per heavy atom. The van der Waals surface area contributed by atoms with Crippen LogP contribution in [0, 0.1) is 47.3 Å². The monoisotopic (exact) mass is 449 g/mol. The van der Waals surface area contributed by atoms with E-state index in [1.807, 2.05) is 0 Å². The van der Waals surface area contributed by atoms with Crippen molar-refractivity contribution in [2.45, 2.75) is 97.6 Å².